The zero-order chi connectivity index (χ0) is 19.1. The molecule has 6 nitrogen and oxygen atoms in total. The van der Waals surface area contributed by atoms with E-state index in [0.717, 1.165) is 47.3 Å². The van der Waals surface area contributed by atoms with Crippen LogP contribution in [0.4, 0.5) is 0 Å². The minimum Gasteiger partial charge on any atom is -0.491 e. The van der Waals surface area contributed by atoms with E-state index in [9.17, 15) is 0 Å². The fourth-order valence-corrected chi connectivity index (χ4v) is 2.74. The number of aryl methyl sites for hydroxylation is 3. The van der Waals surface area contributed by atoms with Crippen LogP contribution in [0.1, 0.15) is 42.0 Å². The van der Waals surface area contributed by atoms with Gasteiger partial charge >= 0.3 is 0 Å². The van der Waals surface area contributed by atoms with Gasteiger partial charge in [0.1, 0.15) is 11.5 Å². The zero-order valence-corrected chi connectivity index (χ0v) is 16.6. The van der Waals surface area contributed by atoms with E-state index in [1.165, 1.54) is 5.56 Å². The number of guanidine groups is 1. The number of benzene rings is 1. The quantitative estimate of drug-likeness (QED) is 0.587. The fraction of sp³-hybridized carbons (Fsp3) is 0.500. The molecule has 0 saturated carbocycles. The summed E-state index contributed by atoms with van der Waals surface area (Å²) in [5, 5.41) is 10.7. The van der Waals surface area contributed by atoms with Crippen molar-refractivity contribution in [2.24, 2.45) is 4.99 Å². The van der Waals surface area contributed by atoms with E-state index in [-0.39, 0.29) is 6.10 Å². The first-order chi connectivity index (χ1) is 12.4. The third kappa shape index (κ3) is 5.51. The van der Waals surface area contributed by atoms with Gasteiger partial charge in [-0.2, -0.15) is 0 Å². The van der Waals surface area contributed by atoms with Crippen molar-refractivity contribution in [3.63, 3.8) is 0 Å². The van der Waals surface area contributed by atoms with Gasteiger partial charge in [-0.3, -0.25) is 4.99 Å². The van der Waals surface area contributed by atoms with Gasteiger partial charge in [-0.1, -0.05) is 17.3 Å². The molecule has 1 aromatic heterocycles. The molecule has 0 aliphatic carbocycles. The number of aromatic nitrogens is 1. The third-order valence-corrected chi connectivity index (χ3v) is 4.10. The highest BCUT2D eigenvalue weighted by atomic mass is 16.5. The Morgan fingerprint density at radius 2 is 2.00 bits per heavy atom. The molecule has 0 amide bonds. The molecule has 6 heteroatoms. The minimum absolute atomic E-state index is 0.142. The van der Waals surface area contributed by atoms with Gasteiger partial charge < -0.3 is 19.9 Å². The molecule has 0 aliphatic rings. The monoisotopic (exact) mass is 358 g/mol. The molecule has 142 valence electrons. The van der Waals surface area contributed by atoms with Gasteiger partial charge in [-0.15, -0.1) is 0 Å². The number of ether oxygens (including phenoxy) is 1. The van der Waals surface area contributed by atoms with Crippen molar-refractivity contribution in [1.82, 2.24) is 15.8 Å². The van der Waals surface area contributed by atoms with Gasteiger partial charge in [0.15, 0.2) is 5.96 Å². The second-order valence-corrected chi connectivity index (χ2v) is 6.68. The number of aliphatic imine (C=N–C) groups is 1. The van der Waals surface area contributed by atoms with E-state index >= 15 is 0 Å². The summed E-state index contributed by atoms with van der Waals surface area (Å²) >= 11 is 0. The first kappa shape index (κ1) is 19.8. The van der Waals surface area contributed by atoms with Crippen LogP contribution in [0.5, 0.6) is 5.75 Å². The molecule has 1 aromatic carbocycles. The predicted octanol–water partition coefficient (Wildman–Crippen LogP) is 3.29. The normalized spacial score (nSPS) is 11.7. The number of hydrogen-bond donors (Lipinski definition) is 2. The van der Waals surface area contributed by atoms with Crippen molar-refractivity contribution in [3.05, 3.63) is 46.3 Å². The standard InChI is InChI=1S/C20H30N4O2/c1-13(2)25-19-11-14(3)7-8-17(19)12-23-20(21-6)22-10-9-18-15(4)24-26-16(18)5/h7-8,11,13H,9-10,12H2,1-6H3,(H2,21,22,23). The summed E-state index contributed by atoms with van der Waals surface area (Å²) in [6.45, 7) is 11.4. The van der Waals surface area contributed by atoms with Crippen LogP contribution in [0.25, 0.3) is 0 Å². The van der Waals surface area contributed by atoms with Crippen molar-refractivity contribution in [3.8, 4) is 5.75 Å². The Balaban J connectivity index is 1.91. The average Bonchev–Trinajstić information content (AvgIpc) is 2.90. The third-order valence-electron chi connectivity index (χ3n) is 4.10. The second-order valence-electron chi connectivity index (χ2n) is 6.68. The van der Waals surface area contributed by atoms with Crippen LogP contribution >= 0.6 is 0 Å². The van der Waals surface area contributed by atoms with Crippen LogP contribution < -0.4 is 15.4 Å². The smallest absolute Gasteiger partial charge is 0.191 e. The Morgan fingerprint density at radius 1 is 1.23 bits per heavy atom. The maximum absolute atomic E-state index is 5.93. The maximum Gasteiger partial charge on any atom is 0.191 e. The molecule has 0 aliphatic heterocycles. The van der Waals surface area contributed by atoms with Crippen molar-refractivity contribution in [2.45, 2.75) is 53.7 Å². The van der Waals surface area contributed by atoms with Crippen LogP contribution in [-0.2, 0) is 13.0 Å². The highest BCUT2D eigenvalue weighted by molar-refractivity contribution is 5.79. The number of hydrogen-bond acceptors (Lipinski definition) is 4. The van der Waals surface area contributed by atoms with Gasteiger partial charge in [0.2, 0.25) is 0 Å². The lowest BCUT2D eigenvalue weighted by Gasteiger charge is -2.17. The highest BCUT2D eigenvalue weighted by Crippen LogP contribution is 2.21. The van der Waals surface area contributed by atoms with E-state index in [0.29, 0.717) is 6.54 Å². The van der Waals surface area contributed by atoms with E-state index < -0.39 is 0 Å². The van der Waals surface area contributed by atoms with Crippen molar-refractivity contribution >= 4 is 5.96 Å². The summed E-state index contributed by atoms with van der Waals surface area (Å²) in [6, 6.07) is 6.26. The SMILES string of the molecule is CN=C(NCCc1c(C)noc1C)NCc1ccc(C)cc1OC(C)C. The molecule has 0 bridgehead atoms. The topological polar surface area (TPSA) is 71.7 Å². The summed E-state index contributed by atoms with van der Waals surface area (Å²) in [6.07, 6.45) is 0.983. The highest BCUT2D eigenvalue weighted by Gasteiger charge is 2.10. The lowest BCUT2D eigenvalue weighted by molar-refractivity contribution is 0.239. The molecule has 2 aromatic rings. The Labute approximate surface area is 156 Å². The molecule has 2 N–H and O–H groups in total. The molecule has 0 saturated heterocycles. The Kier molecular flexibility index (Phi) is 7.06. The molecule has 2 rings (SSSR count). The van der Waals surface area contributed by atoms with E-state index in [1.54, 1.807) is 7.05 Å². The molecule has 26 heavy (non-hydrogen) atoms. The number of rotatable bonds is 7. The van der Waals surface area contributed by atoms with Crippen LogP contribution in [0.15, 0.2) is 27.7 Å². The molecule has 0 radical (unpaired) electrons. The molecule has 0 atom stereocenters. The van der Waals surface area contributed by atoms with Crippen molar-refractivity contribution in [2.75, 3.05) is 13.6 Å². The Hall–Kier alpha value is -2.50. The molecule has 1 heterocycles. The van der Waals surface area contributed by atoms with Gasteiger partial charge in [-0.05, 0) is 52.7 Å². The molecule has 0 fully saturated rings. The van der Waals surface area contributed by atoms with Crippen LogP contribution in [0, 0.1) is 20.8 Å². The Morgan fingerprint density at radius 3 is 2.62 bits per heavy atom. The summed E-state index contributed by atoms with van der Waals surface area (Å²) in [7, 11) is 1.77. The minimum atomic E-state index is 0.142. The summed E-state index contributed by atoms with van der Waals surface area (Å²) in [5.41, 5.74) is 4.39. The van der Waals surface area contributed by atoms with Crippen molar-refractivity contribution < 1.29 is 9.26 Å². The fourth-order valence-electron chi connectivity index (χ4n) is 2.74. The molecule has 0 spiro atoms. The van der Waals surface area contributed by atoms with Gasteiger partial charge in [-0.25, -0.2) is 0 Å². The summed E-state index contributed by atoms with van der Waals surface area (Å²) in [4.78, 5) is 4.29. The largest absolute Gasteiger partial charge is 0.491 e. The van der Waals surface area contributed by atoms with E-state index in [4.69, 9.17) is 9.26 Å². The summed E-state index contributed by atoms with van der Waals surface area (Å²) < 4.78 is 11.1. The first-order valence-corrected chi connectivity index (χ1v) is 9.03. The molecular weight excluding hydrogens is 328 g/mol. The second kappa shape index (κ2) is 9.27. The molecule has 0 unspecified atom stereocenters. The maximum atomic E-state index is 5.93. The van der Waals surface area contributed by atoms with E-state index in [2.05, 4.69) is 45.9 Å². The zero-order valence-electron chi connectivity index (χ0n) is 16.6. The van der Waals surface area contributed by atoms with Gasteiger partial charge in [0, 0.05) is 31.3 Å². The number of nitrogens with zero attached hydrogens (tertiary/aromatic N) is 2. The van der Waals surface area contributed by atoms with E-state index in [1.807, 2.05) is 27.7 Å². The molecular formula is C20H30N4O2. The van der Waals surface area contributed by atoms with Crippen molar-refractivity contribution in [1.29, 1.82) is 0 Å². The predicted molar refractivity (Wildman–Crippen MR) is 105 cm³/mol. The number of nitrogens with one attached hydrogen (secondary N) is 2. The van der Waals surface area contributed by atoms with Crippen LogP contribution in [-0.4, -0.2) is 30.8 Å². The first-order valence-electron chi connectivity index (χ1n) is 9.03. The van der Waals surface area contributed by atoms with Gasteiger partial charge in [0.05, 0.1) is 11.8 Å². The van der Waals surface area contributed by atoms with Crippen LogP contribution in [0.3, 0.4) is 0 Å². The Bertz CT molecular complexity index is 731. The van der Waals surface area contributed by atoms with Crippen LogP contribution in [0.2, 0.25) is 0 Å². The van der Waals surface area contributed by atoms with Gasteiger partial charge in [0.25, 0.3) is 0 Å². The lowest BCUT2D eigenvalue weighted by Crippen LogP contribution is -2.38. The average molecular weight is 358 g/mol. The lowest BCUT2D eigenvalue weighted by atomic mass is 10.1. The summed E-state index contributed by atoms with van der Waals surface area (Å²) in [5.74, 6) is 2.55.